The molecule has 1 aliphatic heterocycles. The van der Waals surface area contributed by atoms with Gasteiger partial charge in [-0.1, -0.05) is 15.9 Å². The molecule has 0 bridgehead atoms. The Morgan fingerprint density at radius 3 is 2.29 bits per heavy atom. The van der Waals surface area contributed by atoms with Gasteiger partial charge < -0.3 is 4.90 Å². The molecule has 35 heavy (non-hydrogen) atoms. The van der Waals surface area contributed by atoms with Gasteiger partial charge >= 0.3 is 12.4 Å². The van der Waals surface area contributed by atoms with Crippen molar-refractivity contribution < 1.29 is 34.8 Å². The van der Waals surface area contributed by atoms with E-state index in [0.29, 0.717) is 22.7 Å². The Kier molecular flexibility index (Phi) is 7.86. The standard InChI is InChI=1S/C21H17Br2F6N3O2S/c1-12-6-16(10-31(12)11-30)32(35(33,34)19-8-15(22)3-5-18(19)23)9-13-7-14(20(24,25)26)2-4-17(13)21(27,28)29/h2-5,7-8,12,16H,6,9-10H2,1H3/t12-,16-/m0/s1. The smallest absolute Gasteiger partial charge is 0.306 e. The molecule has 0 spiro atoms. The van der Waals surface area contributed by atoms with Crippen LogP contribution in [0.15, 0.2) is 50.2 Å². The molecule has 14 heteroatoms. The summed E-state index contributed by atoms with van der Waals surface area (Å²) in [4.78, 5) is 0.996. The number of nitrogens with zero attached hydrogens (tertiary/aromatic N) is 3. The van der Waals surface area contributed by atoms with Crippen LogP contribution in [-0.2, 0) is 28.9 Å². The molecule has 2 aromatic rings. The van der Waals surface area contributed by atoms with Crippen molar-refractivity contribution in [2.75, 3.05) is 6.54 Å². The predicted molar refractivity (Wildman–Crippen MR) is 121 cm³/mol. The summed E-state index contributed by atoms with van der Waals surface area (Å²) in [7, 11) is -4.53. The lowest BCUT2D eigenvalue weighted by Crippen LogP contribution is -2.41. The van der Waals surface area contributed by atoms with Gasteiger partial charge in [-0.15, -0.1) is 0 Å². The lowest BCUT2D eigenvalue weighted by atomic mass is 10.0. The number of hydrogen-bond donors (Lipinski definition) is 0. The van der Waals surface area contributed by atoms with Crippen molar-refractivity contribution >= 4 is 41.9 Å². The molecule has 0 radical (unpaired) electrons. The highest BCUT2D eigenvalue weighted by Gasteiger charge is 2.42. The van der Waals surface area contributed by atoms with E-state index < -0.39 is 57.7 Å². The summed E-state index contributed by atoms with van der Waals surface area (Å²) in [6.45, 7) is 0.550. The van der Waals surface area contributed by atoms with Crippen molar-refractivity contribution in [1.82, 2.24) is 9.21 Å². The first kappa shape index (κ1) is 27.8. The first-order valence-electron chi connectivity index (χ1n) is 9.96. The van der Waals surface area contributed by atoms with Crippen molar-refractivity contribution in [2.45, 2.75) is 49.2 Å². The molecule has 3 rings (SSSR count). The van der Waals surface area contributed by atoms with Gasteiger partial charge in [0.2, 0.25) is 10.0 Å². The van der Waals surface area contributed by atoms with Crippen LogP contribution in [0.4, 0.5) is 26.3 Å². The van der Waals surface area contributed by atoms with Gasteiger partial charge in [0.05, 0.1) is 16.0 Å². The maximum absolute atomic E-state index is 13.7. The molecular weight excluding hydrogens is 632 g/mol. The Labute approximate surface area is 214 Å². The number of alkyl halides is 6. The summed E-state index contributed by atoms with van der Waals surface area (Å²) >= 11 is 6.29. The van der Waals surface area contributed by atoms with Crippen LogP contribution in [-0.4, -0.2) is 36.3 Å². The van der Waals surface area contributed by atoms with Crippen LogP contribution in [0.5, 0.6) is 0 Å². The number of likely N-dealkylation sites (tertiary alicyclic amines) is 1. The quantitative estimate of drug-likeness (QED) is 0.279. The molecule has 2 aromatic carbocycles. The molecule has 0 aromatic heterocycles. The maximum atomic E-state index is 13.7. The minimum absolute atomic E-state index is 0.0960. The van der Waals surface area contributed by atoms with Gasteiger partial charge in [0.25, 0.3) is 0 Å². The average molecular weight is 649 g/mol. The summed E-state index contributed by atoms with van der Waals surface area (Å²) in [5, 5.41) is 9.32. The zero-order valence-electron chi connectivity index (χ0n) is 17.8. The Morgan fingerprint density at radius 2 is 1.74 bits per heavy atom. The highest BCUT2D eigenvalue weighted by molar-refractivity contribution is 9.11. The fourth-order valence-electron chi connectivity index (χ4n) is 3.91. The number of hydrogen-bond acceptors (Lipinski definition) is 4. The summed E-state index contributed by atoms with van der Waals surface area (Å²) < 4.78 is 110. The summed E-state index contributed by atoms with van der Waals surface area (Å²) in [6.07, 6.45) is -7.96. The minimum atomic E-state index is -5.02. The van der Waals surface area contributed by atoms with E-state index in [1.54, 1.807) is 6.92 Å². The van der Waals surface area contributed by atoms with Crippen LogP contribution < -0.4 is 0 Å². The molecular formula is C21H17Br2F6N3O2S. The fraction of sp³-hybridized carbons (Fsp3) is 0.381. The van der Waals surface area contributed by atoms with E-state index >= 15 is 0 Å². The monoisotopic (exact) mass is 647 g/mol. The molecule has 1 heterocycles. The molecule has 0 unspecified atom stereocenters. The third kappa shape index (κ3) is 5.95. The predicted octanol–water partition coefficient (Wildman–Crippen LogP) is 6.38. The molecule has 0 saturated carbocycles. The molecule has 1 aliphatic rings. The van der Waals surface area contributed by atoms with Crippen LogP contribution in [0.2, 0.25) is 0 Å². The van der Waals surface area contributed by atoms with Crippen LogP contribution in [0, 0.1) is 11.5 Å². The highest BCUT2D eigenvalue weighted by Crippen LogP contribution is 2.39. The van der Waals surface area contributed by atoms with Crippen molar-refractivity contribution in [3.05, 3.63) is 62.0 Å². The highest BCUT2D eigenvalue weighted by atomic mass is 79.9. The summed E-state index contributed by atoms with van der Waals surface area (Å²) in [5.41, 5.74) is -3.55. The van der Waals surface area contributed by atoms with E-state index in [2.05, 4.69) is 31.9 Å². The second-order valence-electron chi connectivity index (χ2n) is 7.98. The third-order valence-corrected chi connectivity index (χ3v) is 9.02. The molecule has 190 valence electrons. The minimum Gasteiger partial charge on any atom is -0.306 e. The number of sulfonamides is 1. The van der Waals surface area contributed by atoms with Gasteiger partial charge in [-0.3, -0.25) is 0 Å². The van der Waals surface area contributed by atoms with E-state index in [4.69, 9.17) is 0 Å². The molecule has 0 N–H and O–H groups in total. The Bertz CT molecular complexity index is 1260. The third-order valence-electron chi connectivity index (χ3n) is 5.63. The van der Waals surface area contributed by atoms with E-state index in [1.165, 1.54) is 23.1 Å². The molecule has 2 atom stereocenters. The van der Waals surface area contributed by atoms with Crippen LogP contribution in [0.3, 0.4) is 0 Å². The first-order valence-corrected chi connectivity index (χ1v) is 13.0. The maximum Gasteiger partial charge on any atom is 0.416 e. The molecule has 0 amide bonds. The van der Waals surface area contributed by atoms with Crippen LogP contribution >= 0.6 is 31.9 Å². The molecule has 5 nitrogen and oxygen atoms in total. The zero-order valence-corrected chi connectivity index (χ0v) is 21.8. The Hall–Kier alpha value is -1.82. The number of nitriles is 1. The van der Waals surface area contributed by atoms with Crippen molar-refractivity contribution in [2.24, 2.45) is 0 Å². The zero-order chi connectivity index (χ0) is 26.3. The van der Waals surface area contributed by atoms with Crippen LogP contribution in [0.1, 0.15) is 30.0 Å². The van der Waals surface area contributed by atoms with E-state index in [0.717, 1.165) is 4.31 Å². The molecule has 1 saturated heterocycles. The van der Waals surface area contributed by atoms with Gasteiger partial charge in [-0.05, 0) is 71.2 Å². The fourth-order valence-corrected chi connectivity index (χ4v) is 6.98. The number of halogens is 8. The lowest BCUT2D eigenvalue weighted by Gasteiger charge is -2.29. The van der Waals surface area contributed by atoms with Crippen molar-refractivity contribution in [3.63, 3.8) is 0 Å². The van der Waals surface area contributed by atoms with E-state index in [1.807, 2.05) is 6.19 Å². The summed E-state index contributed by atoms with van der Waals surface area (Å²) in [6, 6.07) is 3.75. The first-order chi connectivity index (χ1) is 16.1. The Balaban J connectivity index is 2.20. The molecule has 1 fully saturated rings. The number of benzene rings is 2. The Morgan fingerprint density at radius 1 is 1.09 bits per heavy atom. The van der Waals surface area contributed by atoms with Gasteiger partial charge in [0.1, 0.15) is 0 Å². The largest absolute Gasteiger partial charge is 0.416 e. The topological polar surface area (TPSA) is 64.4 Å². The second kappa shape index (κ2) is 9.91. The van der Waals surface area contributed by atoms with Crippen molar-refractivity contribution in [1.29, 1.82) is 5.26 Å². The van der Waals surface area contributed by atoms with Gasteiger partial charge in [-0.25, -0.2) is 8.42 Å². The van der Waals surface area contributed by atoms with Crippen molar-refractivity contribution in [3.8, 4) is 6.19 Å². The molecule has 0 aliphatic carbocycles. The normalized spacial score (nSPS) is 19.3. The van der Waals surface area contributed by atoms with Gasteiger partial charge in [-0.2, -0.15) is 35.9 Å². The van der Waals surface area contributed by atoms with E-state index in [9.17, 15) is 40.0 Å². The van der Waals surface area contributed by atoms with E-state index in [-0.39, 0.29) is 22.3 Å². The van der Waals surface area contributed by atoms with Crippen LogP contribution in [0.25, 0.3) is 0 Å². The average Bonchev–Trinajstić information content (AvgIpc) is 3.12. The van der Waals surface area contributed by atoms with Gasteiger partial charge in [0, 0.05) is 34.1 Å². The summed E-state index contributed by atoms with van der Waals surface area (Å²) in [5.74, 6) is 0. The lowest BCUT2D eigenvalue weighted by molar-refractivity contribution is -0.142. The number of rotatable bonds is 5. The second-order valence-corrected chi connectivity index (χ2v) is 11.6. The van der Waals surface area contributed by atoms with Gasteiger partial charge in [0.15, 0.2) is 6.19 Å². The SMILES string of the molecule is C[C@H]1C[C@H](N(Cc2cc(C(F)(F)F)ccc2C(F)(F)F)S(=O)(=O)c2cc(Br)ccc2Br)CN1C#N.